The number of hydrogen-bond donors (Lipinski definition) is 3. The molecule has 2 rings (SSSR count). The molecular weight excluding hydrogens is 230 g/mol. The van der Waals surface area contributed by atoms with Gasteiger partial charge in [-0.15, -0.1) is 0 Å². The van der Waals surface area contributed by atoms with Crippen LogP contribution in [0.2, 0.25) is 0 Å². The summed E-state index contributed by atoms with van der Waals surface area (Å²) in [5.41, 5.74) is 7.29. The van der Waals surface area contributed by atoms with Crippen LogP contribution >= 0.6 is 0 Å². The fraction of sp³-hybridized carbons (Fsp3) is 0.385. The van der Waals surface area contributed by atoms with E-state index in [9.17, 15) is 9.59 Å². The molecule has 0 aromatic heterocycles. The van der Waals surface area contributed by atoms with Gasteiger partial charge in [-0.3, -0.25) is 9.59 Å². The second kappa shape index (κ2) is 5.08. The zero-order chi connectivity index (χ0) is 13.1. The van der Waals surface area contributed by atoms with Crippen LogP contribution in [-0.4, -0.2) is 17.9 Å². The van der Waals surface area contributed by atoms with Gasteiger partial charge in [0.25, 0.3) is 0 Å². The minimum absolute atomic E-state index is 0.0599. The van der Waals surface area contributed by atoms with Gasteiger partial charge in [-0.25, -0.2) is 0 Å². The molecule has 4 N–H and O–H groups in total. The summed E-state index contributed by atoms with van der Waals surface area (Å²) >= 11 is 0. The first-order chi connectivity index (χ1) is 8.56. The molecule has 96 valence electrons. The zero-order valence-electron chi connectivity index (χ0n) is 10.3. The second-order valence-electron chi connectivity index (χ2n) is 4.56. The maximum atomic E-state index is 11.9. The van der Waals surface area contributed by atoms with E-state index in [1.807, 2.05) is 19.1 Å². The third-order valence-corrected chi connectivity index (χ3v) is 3.11. The number of nitrogens with one attached hydrogen (secondary N) is 2. The minimum Gasteiger partial charge on any atom is -0.399 e. The molecule has 0 saturated carbocycles. The summed E-state index contributed by atoms with van der Waals surface area (Å²) < 4.78 is 0. The lowest BCUT2D eigenvalue weighted by Crippen LogP contribution is -2.42. The number of carbonyl (C=O) groups excluding carboxylic acids is 2. The summed E-state index contributed by atoms with van der Waals surface area (Å²) in [5, 5.41) is 5.53. The van der Waals surface area contributed by atoms with Crippen LogP contribution in [0.1, 0.15) is 31.4 Å². The SMILES string of the molecule is CC(NC(=O)C1CCC(=O)N1)c1ccc(N)cc1. The Morgan fingerprint density at radius 2 is 2.11 bits per heavy atom. The van der Waals surface area contributed by atoms with Crippen molar-refractivity contribution in [2.24, 2.45) is 0 Å². The molecule has 2 atom stereocenters. The third-order valence-electron chi connectivity index (χ3n) is 3.11. The first-order valence-corrected chi connectivity index (χ1v) is 6.01. The second-order valence-corrected chi connectivity index (χ2v) is 4.56. The Morgan fingerprint density at radius 3 is 2.67 bits per heavy atom. The average Bonchev–Trinajstić information content (AvgIpc) is 2.76. The lowest BCUT2D eigenvalue weighted by molar-refractivity contribution is -0.126. The number of benzene rings is 1. The summed E-state index contributed by atoms with van der Waals surface area (Å²) in [6, 6.07) is 6.87. The average molecular weight is 247 g/mol. The third kappa shape index (κ3) is 2.80. The molecule has 5 nitrogen and oxygen atoms in total. The Bertz CT molecular complexity index is 456. The van der Waals surface area contributed by atoms with Crippen LogP contribution < -0.4 is 16.4 Å². The van der Waals surface area contributed by atoms with Crippen molar-refractivity contribution in [2.75, 3.05) is 5.73 Å². The van der Waals surface area contributed by atoms with Gasteiger partial charge < -0.3 is 16.4 Å². The van der Waals surface area contributed by atoms with Crippen LogP contribution in [0, 0.1) is 0 Å². The maximum Gasteiger partial charge on any atom is 0.243 e. The Labute approximate surface area is 106 Å². The van der Waals surface area contributed by atoms with Crippen LogP contribution in [0.4, 0.5) is 5.69 Å². The van der Waals surface area contributed by atoms with E-state index in [4.69, 9.17) is 5.73 Å². The highest BCUT2D eigenvalue weighted by atomic mass is 16.2. The Morgan fingerprint density at radius 1 is 1.44 bits per heavy atom. The number of carbonyl (C=O) groups is 2. The molecule has 18 heavy (non-hydrogen) atoms. The van der Waals surface area contributed by atoms with Crippen molar-refractivity contribution in [2.45, 2.75) is 31.8 Å². The molecular formula is C13H17N3O2. The molecule has 1 aliphatic heterocycles. The van der Waals surface area contributed by atoms with Gasteiger partial charge in [-0.1, -0.05) is 12.1 Å². The van der Waals surface area contributed by atoms with Gasteiger partial charge >= 0.3 is 0 Å². The van der Waals surface area contributed by atoms with Crippen molar-refractivity contribution in [3.8, 4) is 0 Å². The van der Waals surface area contributed by atoms with Crippen molar-refractivity contribution in [1.29, 1.82) is 0 Å². The van der Waals surface area contributed by atoms with E-state index >= 15 is 0 Å². The van der Waals surface area contributed by atoms with Crippen LogP contribution in [0.3, 0.4) is 0 Å². The van der Waals surface area contributed by atoms with E-state index < -0.39 is 6.04 Å². The van der Waals surface area contributed by atoms with Crippen LogP contribution in [0.15, 0.2) is 24.3 Å². The number of amides is 2. The lowest BCUT2D eigenvalue weighted by Gasteiger charge is -2.17. The monoisotopic (exact) mass is 247 g/mol. The molecule has 2 unspecified atom stereocenters. The van der Waals surface area contributed by atoms with Gasteiger partial charge in [-0.2, -0.15) is 0 Å². The van der Waals surface area contributed by atoms with E-state index in [-0.39, 0.29) is 17.9 Å². The number of hydrogen-bond acceptors (Lipinski definition) is 3. The first kappa shape index (κ1) is 12.4. The highest BCUT2D eigenvalue weighted by Gasteiger charge is 2.27. The fourth-order valence-electron chi connectivity index (χ4n) is 1.99. The number of nitrogen functional groups attached to an aromatic ring is 1. The Balaban J connectivity index is 1.94. The fourth-order valence-corrected chi connectivity index (χ4v) is 1.99. The summed E-state index contributed by atoms with van der Waals surface area (Å²) in [7, 11) is 0. The van der Waals surface area contributed by atoms with E-state index in [0.717, 1.165) is 5.56 Å². The molecule has 0 aliphatic carbocycles. The minimum atomic E-state index is -0.395. The quantitative estimate of drug-likeness (QED) is 0.688. The largest absolute Gasteiger partial charge is 0.399 e. The molecule has 2 amide bonds. The Kier molecular flexibility index (Phi) is 3.50. The van der Waals surface area contributed by atoms with E-state index in [1.54, 1.807) is 12.1 Å². The van der Waals surface area contributed by atoms with Crippen LogP contribution in [0.5, 0.6) is 0 Å². The predicted octanol–water partition coefficient (Wildman–Crippen LogP) is 0.725. The molecule has 1 saturated heterocycles. The smallest absolute Gasteiger partial charge is 0.243 e. The van der Waals surface area contributed by atoms with E-state index in [0.29, 0.717) is 18.5 Å². The number of anilines is 1. The van der Waals surface area contributed by atoms with Gasteiger partial charge in [0.15, 0.2) is 0 Å². The number of nitrogens with two attached hydrogens (primary N) is 1. The van der Waals surface area contributed by atoms with Crippen molar-refractivity contribution in [3.05, 3.63) is 29.8 Å². The van der Waals surface area contributed by atoms with Crippen LogP contribution in [0.25, 0.3) is 0 Å². The zero-order valence-corrected chi connectivity index (χ0v) is 10.3. The van der Waals surface area contributed by atoms with Crippen molar-refractivity contribution in [3.63, 3.8) is 0 Å². The first-order valence-electron chi connectivity index (χ1n) is 6.01. The molecule has 0 bridgehead atoms. The summed E-state index contributed by atoms with van der Waals surface area (Å²) in [5.74, 6) is -0.194. The summed E-state index contributed by atoms with van der Waals surface area (Å²) in [4.78, 5) is 22.9. The van der Waals surface area contributed by atoms with Crippen molar-refractivity contribution < 1.29 is 9.59 Å². The van der Waals surface area contributed by atoms with E-state index in [1.165, 1.54) is 0 Å². The van der Waals surface area contributed by atoms with E-state index in [2.05, 4.69) is 10.6 Å². The topological polar surface area (TPSA) is 84.2 Å². The Hall–Kier alpha value is -2.04. The molecule has 1 aromatic rings. The molecule has 0 spiro atoms. The molecule has 5 heteroatoms. The summed E-state index contributed by atoms with van der Waals surface area (Å²) in [6.45, 7) is 1.90. The predicted molar refractivity (Wildman–Crippen MR) is 68.6 cm³/mol. The van der Waals surface area contributed by atoms with Crippen molar-refractivity contribution in [1.82, 2.24) is 10.6 Å². The lowest BCUT2D eigenvalue weighted by atomic mass is 10.1. The van der Waals surface area contributed by atoms with Crippen molar-refractivity contribution >= 4 is 17.5 Å². The van der Waals surface area contributed by atoms with Gasteiger partial charge in [-0.05, 0) is 31.0 Å². The summed E-state index contributed by atoms with van der Waals surface area (Å²) in [6.07, 6.45) is 0.994. The highest BCUT2D eigenvalue weighted by Crippen LogP contribution is 2.15. The van der Waals surface area contributed by atoms with Gasteiger partial charge in [0.05, 0.1) is 6.04 Å². The standard InChI is InChI=1S/C13H17N3O2/c1-8(9-2-4-10(14)5-3-9)15-13(18)11-6-7-12(17)16-11/h2-5,8,11H,6-7,14H2,1H3,(H,15,18)(H,16,17). The molecule has 1 fully saturated rings. The van der Waals surface area contributed by atoms with Crippen LogP contribution in [-0.2, 0) is 9.59 Å². The molecule has 1 heterocycles. The highest BCUT2D eigenvalue weighted by molar-refractivity contribution is 5.90. The van der Waals surface area contributed by atoms with Gasteiger partial charge in [0, 0.05) is 12.1 Å². The molecule has 0 radical (unpaired) electrons. The van der Waals surface area contributed by atoms with Gasteiger partial charge in [0.2, 0.25) is 11.8 Å². The van der Waals surface area contributed by atoms with Gasteiger partial charge in [0.1, 0.15) is 6.04 Å². The molecule has 1 aliphatic rings. The maximum absolute atomic E-state index is 11.9. The molecule has 1 aromatic carbocycles. The normalized spacial score (nSPS) is 20.3. The number of rotatable bonds is 3.